The zero-order valence-corrected chi connectivity index (χ0v) is 14.7. The molecular formula is C19H27N3O. The summed E-state index contributed by atoms with van der Waals surface area (Å²) in [6.45, 7) is 10.9. The minimum atomic E-state index is -0.112. The van der Waals surface area contributed by atoms with E-state index in [1.807, 2.05) is 6.92 Å². The molecule has 0 bridgehead atoms. The zero-order valence-electron chi connectivity index (χ0n) is 14.7. The predicted molar refractivity (Wildman–Crippen MR) is 95.1 cm³/mol. The van der Waals surface area contributed by atoms with E-state index in [0.717, 1.165) is 23.4 Å². The summed E-state index contributed by atoms with van der Waals surface area (Å²) in [4.78, 5) is 11.9. The summed E-state index contributed by atoms with van der Waals surface area (Å²) < 4.78 is 2.23. The van der Waals surface area contributed by atoms with E-state index in [1.165, 1.54) is 11.3 Å². The van der Waals surface area contributed by atoms with Gasteiger partial charge in [0.05, 0.1) is 0 Å². The number of carbonyl (C=O) groups is 1. The third-order valence-corrected chi connectivity index (χ3v) is 4.26. The average Bonchev–Trinajstić information content (AvgIpc) is 2.80. The number of urea groups is 1. The Balaban J connectivity index is 2.12. The fraction of sp³-hybridized carbons (Fsp3) is 0.421. The van der Waals surface area contributed by atoms with Gasteiger partial charge in [-0.1, -0.05) is 24.6 Å². The van der Waals surface area contributed by atoms with Crippen molar-refractivity contribution in [1.29, 1.82) is 0 Å². The maximum absolute atomic E-state index is 11.9. The van der Waals surface area contributed by atoms with Crippen molar-refractivity contribution in [2.75, 3.05) is 0 Å². The molecule has 0 spiro atoms. The lowest BCUT2D eigenvalue weighted by atomic mass is 10.2. The van der Waals surface area contributed by atoms with Gasteiger partial charge in [0.25, 0.3) is 0 Å². The van der Waals surface area contributed by atoms with Crippen LogP contribution in [0.1, 0.15) is 42.8 Å². The van der Waals surface area contributed by atoms with Gasteiger partial charge in [-0.25, -0.2) is 4.79 Å². The van der Waals surface area contributed by atoms with Crippen LogP contribution in [-0.2, 0) is 6.54 Å². The predicted octanol–water partition coefficient (Wildman–Crippen LogP) is 4.00. The van der Waals surface area contributed by atoms with Crippen molar-refractivity contribution in [2.45, 2.75) is 53.6 Å². The Hall–Kier alpha value is -2.23. The first-order valence-electron chi connectivity index (χ1n) is 8.21. The molecule has 4 nitrogen and oxygen atoms in total. The van der Waals surface area contributed by atoms with Gasteiger partial charge < -0.3 is 15.2 Å². The Morgan fingerprint density at radius 2 is 1.83 bits per heavy atom. The third-order valence-electron chi connectivity index (χ3n) is 4.26. The van der Waals surface area contributed by atoms with E-state index in [2.05, 4.69) is 73.2 Å². The number of aromatic nitrogens is 1. The van der Waals surface area contributed by atoms with Crippen LogP contribution in [0.4, 0.5) is 4.79 Å². The standard InChI is InChI=1S/C19H27N3O/c1-6-14(3)21-19(23)20-12-17-11-15(4)22(16(17)5)18-9-7-13(2)8-10-18/h7-11,14H,6,12H2,1-5H3,(H2,20,21,23)/t14-/m1/s1. The van der Waals surface area contributed by atoms with Gasteiger partial charge in [0.1, 0.15) is 0 Å². The van der Waals surface area contributed by atoms with Gasteiger partial charge in [-0.15, -0.1) is 0 Å². The molecule has 2 amide bonds. The van der Waals surface area contributed by atoms with Gasteiger partial charge in [-0.2, -0.15) is 0 Å². The van der Waals surface area contributed by atoms with Crippen LogP contribution in [0.2, 0.25) is 0 Å². The molecule has 0 saturated carbocycles. The highest BCUT2D eigenvalue weighted by Gasteiger charge is 2.12. The van der Waals surface area contributed by atoms with Crippen molar-refractivity contribution in [3.8, 4) is 5.69 Å². The van der Waals surface area contributed by atoms with Gasteiger partial charge in [0.2, 0.25) is 0 Å². The first-order valence-corrected chi connectivity index (χ1v) is 8.21. The number of rotatable bonds is 5. The maximum Gasteiger partial charge on any atom is 0.315 e. The normalized spacial score (nSPS) is 12.0. The SMILES string of the molecule is CC[C@@H](C)NC(=O)NCc1cc(C)n(-c2ccc(C)cc2)c1C. The second kappa shape index (κ2) is 7.36. The lowest BCUT2D eigenvalue weighted by Crippen LogP contribution is -2.40. The minimum absolute atomic E-state index is 0.112. The highest BCUT2D eigenvalue weighted by molar-refractivity contribution is 5.74. The summed E-state index contributed by atoms with van der Waals surface area (Å²) in [6, 6.07) is 10.7. The first kappa shape index (κ1) is 17.1. The summed E-state index contributed by atoms with van der Waals surface area (Å²) >= 11 is 0. The number of hydrogen-bond acceptors (Lipinski definition) is 1. The van der Waals surface area contributed by atoms with Gasteiger partial charge in [0, 0.05) is 29.7 Å². The molecule has 0 aliphatic carbocycles. The number of amides is 2. The summed E-state index contributed by atoms with van der Waals surface area (Å²) in [6.07, 6.45) is 0.926. The Morgan fingerprint density at radius 1 is 1.17 bits per heavy atom. The maximum atomic E-state index is 11.9. The topological polar surface area (TPSA) is 46.1 Å². The summed E-state index contributed by atoms with van der Waals surface area (Å²) in [5.41, 5.74) is 5.88. The van der Waals surface area contributed by atoms with E-state index < -0.39 is 0 Å². The monoisotopic (exact) mass is 313 g/mol. The highest BCUT2D eigenvalue weighted by atomic mass is 16.2. The van der Waals surface area contributed by atoms with E-state index in [4.69, 9.17) is 0 Å². The van der Waals surface area contributed by atoms with Crippen molar-refractivity contribution in [3.63, 3.8) is 0 Å². The molecule has 1 aromatic carbocycles. The number of nitrogens with zero attached hydrogens (tertiary/aromatic N) is 1. The van der Waals surface area contributed by atoms with Crippen molar-refractivity contribution < 1.29 is 4.79 Å². The van der Waals surface area contributed by atoms with Crippen LogP contribution in [0.5, 0.6) is 0 Å². The highest BCUT2D eigenvalue weighted by Crippen LogP contribution is 2.21. The van der Waals surface area contributed by atoms with Crippen molar-refractivity contribution in [3.05, 3.63) is 52.8 Å². The van der Waals surface area contributed by atoms with E-state index in [1.54, 1.807) is 0 Å². The van der Waals surface area contributed by atoms with Gasteiger partial charge in [0.15, 0.2) is 0 Å². The fourth-order valence-corrected chi connectivity index (χ4v) is 2.65. The average molecular weight is 313 g/mol. The number of benzene rings is 1. The molecule has 0 saturated heterocycles. The van der Waals surface area contributed by atoms with Crippen LogP contribution in [-0.4, -0.2) is 16.6 Å². The van der Waals surface area contributed by atoms with Crippen LogP contribution in [0.15, 0.2) is 30.3 Å². The van der Waals surface area contributed by atoms with Crippen molar-refractivity contribution in [1.82, 2.24) is 15.2 Å². The molecule has 23 heavy (non-hydrogen) atoms. The van der Waals surface area contributed by atoms with E-state index in [9.17, 15) is 4.79 Å². The zero-order chi connectivity index (χ0) is 17.0. The summed E-state index contributed by atoms with van der Waals surface area (Å²) in [5.74, 6) is 0. The molecule has 2 N–H and O–H groups in total. The van der Waals surface area contributed by atoms with E-state index in [-0.39, 0.29) is 12.1 Å². The number of carbonyl (C=O) groups excluding carboxylic acids is 1. The molecule has 2 rings (SSSR count). The molecular weight excluding hydrogens is 286 g/mol. The molecule has 4 heteroatoms. The van der Waals surface area contributed by atoms with Crippen molar-refractivity contribution in [2.24, 2.45) is 0 Å². The lowest BCUT2D eigenvalue weighted by Gasteiger charge is -2.13. The van der Waals surface area contributed by atoms with Gasteiger partial charge in [-0.3, -0.25) is 0 Å². The second-order valence-electron chi connectivity index (χ2n) is 6.20. The van der Waals surface area contributed by atoms with Crippen LogP contribution in [0, 0.1) is 20.8 Å². The first-order chi connectivity index (χ1) is 10.9. The molecule has 0 aliphatic rings. The smallest absolute Gasteiger partial charge is 0.315 e. The Kier molecular flexibility index (Phi) is 5.48. The number of nitrogens with one attached hydrogen (secondary N) is 2. The van der Waals surface area contributed by atoms with E-state index in [0.29, 0.717) is 6.54 Å². The van der Waals surface area contributed by atoms with Crippen LogP contribution < -0.4 is 10.6 Å². The fourth-order valence-electron chi connectivity index (χ4n) is 2.65. The molecule has 0 aliphatic heterocycles. The van der Waals surface area contributed by atoms with Crippen LogP contribution >= 0.6 is 0 Å². The molecule has 124 valence electrons. The quantitative estimate of drug-likeness (QED) is 0.861. The van der Waals surface area contributed by atoms with E-state index >= 15 is 0 Å². The second-order valence-corrected chi connectivity index (χ2v) is 6.20. The molecule has 1 heterocycles. The van der Waals surface area contributed by atoms with Gasteiger partial charge >= 0.3 is 6.03 Å². The van der Waals surface area contributed by atoms with Gasteiger partial charge in [-0.05, 0) is 57.9 Å². The molecule has 1 aromatic heterocycles. The number of aryl methyl sites for hydroxylation is 2. The molecule has 1 atom stereocenters. The molecule has 0 radical (unpaired) electrons. The Labute approximate surface area is 138 Å². The molecule has 0 unspecified atom stereocenters. The minimum Gasteiger partial charge on any atom is -0.336 e. The third kappa shape index (κ3) is 4.15. The molecule has 2 aromatic rings. The summed E-state index contributed by atoms with van der Waals surface area (Å²) in [5, 5.41) is 5.86. The van der Waals surface area contributed by atoms with Crippen molar-refractivity contribution >= 4 is 6.03 Å². The summed E-state index contributed by atoms with van der Waals surface area (Å²) in [7, 11) is 0. The Morgan fingerprint density at radius 3 is 2.43 bits per heavy atom. The largest absolute Gasteiger partial charge is 0.336 e. The van der Waals surface area contributed by atoms with Crippen LogP contribution in [0.25, 0.3) is 5.69 Å². The number of hydrogen-bond donors (Lipinski definition) is 2. The lowest BCUT2D eigenvalue weighted by molar-refractivity contribution is 0.237. The molecule has 0 fully saturated rings. The Bertz CT molecular complexity index is 671. The van der Waals surface area contributed by atoms with Crippen LogP contribution in [0.3, 0.4) is 0 Å².